The molecule has 2 N–H and O–H groups in total. The summed E-state index contributed by atoms with van der Waals surface area (Å²) < 4.78 is 0. The second kappa shape index (κ2) is 7.36. The van der Waals surface area contributed by atoms with E-state index in [0.29, 0.717) is 11.8 Å². The van der Waals surface area contributed by atoms with Crippen molar-refractivity contribution in [2.24, 2.45) is 0 Å². The quantitative estimate of drug-likeness (QED) is 0.796. The maximum Gasteiger partial charge on any atom is 0.115 e. The fourth-order valence-electron chi connectivity index (χ4n) is 2.11. The van der Waals surface area contributed by atoms with Crippen LogP contribution in [0.3, 0.4) is 0 Å². The molecule has 0 aliphatic carbocycles. The molecule has 106 valence electrons. The molecule has 1 unspecified atom stereocenters. The monoisotopic (exact) mass is 287 g/mol. The van der Waals surface area contributed by atoms with Crippen LogP contribution in [0.25, 0.3) is 0 Å². The van der Waals surface area contributed by atoms with Gasteiger partial charge in [-0.15, -0.1) is 11.8 Å². The molecule has 0 aliphatic rings. The zero-order valence-electron chi connectivity index (χ0n) is 12.0. The Morgan fingerprint density at radius 1 is 1.15 bits per heavy atom. The van der Waals surface area contributed by atoms with Gasteiger partial charge in [0.05, 0.1) is 0 Å². The average Bonchev–Trinajstić information content (AvgIpc) is 2.43. The molecule has 0 saturated carbocycles. The Morgan fingerprint density at radius 2 is 1.95 bits per heavy atom. The summed E-state index contributed by atoms with van der Waals surface area (Å²) in [5.74, 6) is 1.35. The van der Waals surface area contributed by atoms with E-state index in [2.05, 4.69) is 42.6 Å². The first-order valence-electron chi connectivity index (χ1n) is 6.82. The highest BCUT2D eigenvalue weighted by molar-refractivity contribution is 7.99. The molecule has 0 aliphatic heterocycles. The maximum atomic E-state index is 9.51. The third kappa shape index (κ3) is 4.58. The highest BCUT2D eigenvalue weighted by atomic mass is 32.2. The van der Waals surface area contributed by atoms with Crippen molar-refractivity contribution < 1.29 is 5.11 Å². The number of aryl methyl sites for hydroxylation is 1. The van der Waals surface area contributed by atoms with Gasteiger partial charge in [0.2, 0.25) is 0 Å². The molecule has 0 aromatic heterocycles. The topological polar surface area (TPSA) is 32.3 Å². The minimum absolute atomic E-state index is 0.337. The van der Waals surface area contributed by atoms with E-state index < -0.39 is 0 Å². The average molecular weight is 287 g/mol. The molecule has 0 fully saturated rings. The molecule has 2 nitrogen and oxygen atoms in total. The standard InChI is InChI=1S/C17H21NOS/c1-13-5-3-8-17(9-13)20-12-15(18-2)10-14-6-4-7-16(19)11-14/h3-9,11,15,18-19H,10,12H2,1-2H3. The van der Waals surface area contributed by atoms with Crippen LogP contribution in [0.1, 0.15) is 11.1 Å². The van der Waals surface area contributed by atoms with Gasteiger partial charge in [0.1, 0.15) is 5.75 Å². The number of phenolic OH excluding ortho intramolecular Hbond substituents is 1. The van der Waals surface area contributed by atoms with Crippen molar-refractivity contribution in [1.82, 2.24) is 5.32 Å². The first-order chi connectivity index (χ1) is 9.67. The van der Waals surface area contributed by atoms with Gasteiger partial charge in [-0.05, 0) is 50.2 Å². The van der Waals surface area contributed by atoms with Crippen molar-refractivity contribution in [1.29, 1.82) is 0 Å². The first-order valence-corrected chi connectivity index (χ1v) is 7.80. The van der Waals surface area contributed by atoms with E-state index in [-0.39, 0.29) is 0 Å². The van der Waals surface area contributed by atoms with Crippen LogP contribution in [0.4, 0.5) is 0 Å². The van der Waals surface area contributed by atoms with E-state index in [4.69, 9.17) is 0 Å². The van der Waals surface area contributed by atoms with Gasteiger partial charge in [0.15, 0.2) is 0 Å². The number of nitrogens with one attached hydrogen (secondary N) is 1. The molecule has 20 heavy (non-hydrogen) atoms. The predicted molar refractivity (Wildman–Crippen MR) is 86.6 cm³/mol. The lowest BCUT2D eigenvalue weighted by Gasteiger charge is -2.16. The molecule has 1 atom stereocenters. The van der Waals surface area contributed by atoms with E-state index >= 15 is 0 Å². The predicted octanol–water partition coefficient (Wildman–Crippen LogP) is 3.62. The molecule has 0 bridgehead atoms. The summed E-state index contributed by atoms with van der Waals surface area (Å²) in [7, 11) is 1.99. The molecule has 2 aromatic rings. The first kappa shape index (κ1) is 14.9. The third-order valence-electron chi connectivity index (χ3n) is 3.24. The number of rotatable bonds is 6. The lowest BCUT2D eigenvalue weighted by Crippen LogP contribution is -2.30. The SMILES string of the molecule is CNC(CSc1cccc(C)c1)Cc1cccc(O)c1. The number of benzene rings is 2. The van der Waals surface area contributed by atoms with Gasteiger partial charge in [-0.1, -0.05) is 29.8 Å². The fraction of sp³-hybridized carbons (Fsp3) is 0.294. The summed E-state index contributed by atoms with van der Waals surface area (Å²) in [6.45, 7) is 2.12. The smallest absolute Gasteiger partial charge is 0.115 e. The van der Waals surface area contributed by atoms with Gasteiger partial charge in [0, 0.05) is 16.7 Å². The second-order valence-electron chi connectivity index (χ2n) is 4.99. The largest absolute Gasteiger partial charge is 0.508 e. The Hall–Kier alpha value is -1.45. The number of hydrogen-bond acceptors (Lipinski definition) is 3. The lowest BCUT2D eigenvalue weighted by atomic mass is 10.1. The van der Waals surface area contributed by atoms with Crippen molar-refractivity contribution in [2.75, 3.05) is 12.8 Å². The van der Waals surface area contributed by atoms with Crippen molar-refractivity contribution >= 4 is 11.8 Å². The minimum Gasteiger partial charge on any atom is -0.508 e. The van der Waals surface area contributed by atoms with E-state index in [0.717, 1.165) is 17.7 Å². The maximum absolute atomic E-state index is 9.51. The molecule has 0 heterocycles. The number of thioether (sulfide) groups is 1. The third-order valence-corrected chi connectivity index (χ3v) is 4.40. The van der Waals surface area contributed by atoms with Gasteiger partial charge >= 0.3 is 0 Å². The highest BCUT2D eigenvalue weighted by Crippen LogP contribution is 2.21. The summed E-state index contributed by atoms with van der Waals surface area (Å²) in [6.07, 6.45) is 0.920. The number of hydrogen-bond donors (Lipinski definition) is 2. The second-order valence-corrected chi connectivity index (χ2v) is 6.08. The molecular weight excluding hydrogens is 266 g/mol. The van der Waals surface area contributed by atoms with Crippen molar-refractivity contribution in [3.63, 3.8) is 0 Å². The van der Waals surface area contributed by atoms with E-state index in [9.17, 15) is 5.11 Å². The van der Waals surface area contributed by atoms with Crippen LogP contribution in [0.2, 0.25) is 0 Å². The molecular formula is C17H21NOS. The van der Waals surface area contributed by atoms with Gasteiger partial charge in [-0.3, -0.25) is 0 Å². The molecule has 0 saturated heterocycles. The van der Waals surface area contributed by atoms with Gasteiger partial charge < -0.3 is 10.4 Å². The zero-order chi connectivity index (χ0) is 14.4. The minimum atomic E-state index is 0.337. The molecule has 0 radical (unpaired) electrons. The molecule has 0 amide bonds. The Balaban J connectivity index is 1.92. The molecule has 2 aromatic carbocycles. The van der Waals surface area contributed by atoms with Crippen LogP contribution in [0, 0.1) is 6.92 Å². The number of aromatic hydroxyl groups is 1. The van der Waals surface area contributed by atoms with E-state index in [1.165, 1.54) is 10.5 Å². The Kier molecular flexibility index (Phi) is 5.50. The number of likely N-dealkylation sites (N-methyl/N-ethyl adjacent to an activating group) is 1. The lowest BCUT2D eigenvalue weighted by molar-refractivity contribution is 0.474. The fourth-order valence-corrected chi connectivity index (χ4v) is 3.24. The highest BCUT2D eigenvalue weighted by Gasteiger charge is 2.08. The van der Waals surface area contributed by atoms with Gasteiger partial charge in [-0.2, -0.15) is 0 Å². The van der Waals surface area contributed by atoms with Crippen molar-refractivity contribution in [2.45, 2.75) is 24.3 Å². The number of phenols is 1. The van der Waals surface area contributed by atoms with Crippen LogP contribution >= 0.6 is 11.8 Å². The summed E-state index contributed by atoms with van der Waals surface area (Å²) in [5.41, 5.74) is 2.46. The van der Waals surface area contributed by atoms with Gasteiger partial charge in [0.25, 0.3) is 0 Å². The zero-order valence-corrected chi connectivity index (χ0v) is 12.8. The molecule has 0 spiro atoms. The molecule has 2 rings (SSSR count). The van der Waals surface area contributed by atoms with Crippen molar-refractivity contribution in [3.05, 3.63) is 59.7 Å². The van der Waals surface area contributed by atoms with Crippen LogP contribution < -0.4 is 5.32 Å². The van der Waals surface area contributed by atoms with Crippen LogP contribution in [0.5, 0.6) is 5.75 Å². The van der Waals surface area contributed by atoms with Crippen LogP contribution in [-0.4, -0.2) is 23.9 Å². The Labute approximate surface area is 125 Å². The van der Waals surface area contributed by atoms with Gasteiger partial charge in [-0.25, -0.2) is 0 Å². The summed E-state index contributed by atoms with van der Waals surface area (Å²) in [4.78, 5) is 1.31. The van der Waals surface area contributed by atoms with Crippen molar-refractivity contribution in [3.8, 4) is 5.75 Å². The Morgan fingerprint density at radius 3 is 2.65 bits per heavy atom. The van der Waals surface area contributed by atoms with E-state index in [1.807, 2.05) is 30.9 Å². The molecule has 3 heteroatoms. The summed E-state index contributed by atoms with van der Waals surface area (Å²) in [6, 6.07) is 16.5. The summed E-state index contributed by atoms with van der Waals surface area (Å²) >= 11 is 1.87. The van der Waals surface area contributed by atoms with E-state index in [1.54, 1.807) is 6.07 Å². The van der Waals surface area contributed by atoms with Crippen LogP contribution in [0.15, 0.2) is 53.4 Å². The summed E-state index contributed by atoms with van der Waals surface area (Å²) in [5, 5.41) is 12.9. The Bertz CT molecular complexity index is 556. The normalized spacial score (nSPS) is 12.3. The van der Waals surface area contributed by atoms with Crippen LogP contribution in [-0.2, 0) is 6.42 Å².